The van der Waals surface area contributed by atoms with E-state index in [1.165, 1.54) is 5.56 Å². The molecule has 2 N–H and O–H groups in total. The standard InChI is InChI=1S/C17H25N3O3/c1-12(17(22)19-8-4-13(5-9-19)16(18)21)20-7-2-3-15-14(11-20)6-10-23-15/h6,10,12-13H,2-5,7-9,11H2,1H3,(H2,18,21). The van der Waals surface area contributed by atoms with Gasteiger partial charge in [-0.3, -0.25) is 14.5 Å². The molecular weight excluding hydrogens is 294 g/mol. The summed E-state index contributed by atoms with van der Waals surface area (Å²) in [6, 6.07) is 1.85. The third kappa shape index (κ3) is 3.42. The Kier molecular flexibility index (Phi) is 4.71. The van der Waals surface area contributed by atoms with Gasteiger partial charge in [-0.1, -0.05) is 0 Å². The second-order valence-electron chi connectivity index (χ2n) is 6.62. The van der Waals surface area contributed by atoms with Crippen LogP contribution < -0.4 is 5.73 Å². The molecule has 6 nitrogen and oxygen atoms in total. The number of hydrogen-bond acceptors (Lipinski definition) is 4. The van der Waals surface area contributed by atoms with Crippen LogP contribution in [0.4, 0.5) is 0 Å². The smallest absolute Gasteiger partial charge is 0.239 e. The van der Waals surface area contributed by atoms with Crippen molar-refractivity contribution in [2.75, 3.05) is 19.6 Å². The minimum absolute atomic E-state index is 0.0824. The van der Waals surface area contributed by atoms with Gasteiger partial charge in [-0.2, -0.15) is 0 Å². The van der Waals surface area contributed by atoms with Crippen LogP contribution in [0.5, 0.6) is 0 Å². The summed E-state index contributed by atoms with van der Waals surface area (Å²) in [5, 5.41) is 0. The number of nitrogens with two attached hydrogens (primary N) is 1. The third-order valence-corrected chi connectivity index (χ3v) is 5.17. The maximum atomic E-state index is 12.8. The van der Waals surface area contributed by atoms with E-state index in [2.05, 4.69) is 4.90 Å². The summed E-state index contributed by atoms with van der Waals surface area (Å²) < 4.78 is 5.51. The van der Waals surface area contributed by atoms with Crippen LogP contribution in [0.15, 0.2) is 16.7 Å². The zero-order chi connectivity index (χ0) is 16.4. The molecular formula is C17H25N3O3. The molecule has 0 saturated carbocycles. The molecule has 2 amide bonds. The summed E-state index contributed by atoms with van der Waals surface area (Å²) in [5.74, 6) is 0.875. The Morgan fingerprint density at radius 1 is 1.30 bits per heavy atom. The lowest BCUT2D eigenvalue weighted by atomic mass is 9.96. The van der Waals surface area contributed by atoms with E-state index in [1.54, 1.807) is 6.26 Å². The van der Waals surface area contributed by atoms with Gasteiger partial charge in [0.25, 0.3) is 0 Å². The molecule has 1 aromatic rings. The van der Waals surface area contributed by atoms with Gasteiger partial charge in [0.1, 0.15) is 5.76 Å². The quantitative estimate of drug-likeness (QED) is 0.906. The first kappa shape index (κ1) is 16.1. The molecule has 1 unspecified atom stereocenters. The topological polar surface area (TPSA) is 79.8 Å². The van der Waals surface area contributed by atoms with Crippen molar-refractivity contribution < 1.29 is 14.0 Å². The number of nitrogens with zero attached hydrogens (tertiary/aromatic N) is 2. The Labute approximate surface area is 136 Å². The molecule has 3 heterocycles. The number of piperidine rings is 1. The maximum absolute atomic E-state index is 12.8. The first-order valence-electron chi connectivity index (χ1n) is 8.43. The lowest BCUT2D eigenvalue weighted by Crippen LogP contribution is -2.50. The van der Waals surface area contributed by atoms with Crippen LogP contribution in [-0.2, 0) is 22.6 Å². The molecule has 0 radical (unpaired) electrons. The summed E-state index contributed by atoms with van der Waals surface area (Å²) >= 11 is 0. The van der Waals surface area contributed by atoms with Crippen LogP contribution >= 0.6 is 0 Å². The highest BCUT2D eigenvalue weighted by Gasteiger charge is 2.31. The average molecular weight is 319 g/mol. The van der Waals surface area contributed by atoms with Crippen LogP contribution in [0, 0.1) is 5.92 Å². The van der Waals surface area contributed by atoms with Crippen LogP contribution in [0.25, 0.3) is 0 Å². The monoisotopic (exact) mass is 319 g/mol. The van der Waals surface area contributed by atoms with E-state index in [-0.39, 0.29) is 23.8 Å². The average Bonchev–Trinajstić information content (AvgIpc) is 2.90. The van der Waals surface area contributed by atoms with Gasteiger partial charge in [-0.05, 0) is 38.8 Å². The fourth-order valence-corrected chi connectivity index (χ4v) is 3.60. The molecule has 1 saturated heterocycles. The third-order valence-electron chi connectivity index (χ3n) is 5.17. The molecule has 23 heavy (non-hydrogen) atoms. The summed E-state index contributed by atoms with van der Waals surface area (Å²) in [4.78, 5) is 28.1. The van der Waals surface area contributed by atoms with E-state index >= 15 is 0 Å². The van der Waals surface area contributed by atoms with Crippen LogP contribution in [0.2, 0.25) is 0 Å². The fourth-order valence-electron chi connectivity index (χ4n) is 3.60. The number of hydrogen-bond donors (Lipinski definition) is 1. The van der Waals surface area contributed by atoms with Gasteiger partial charge in [0.2, 0.25) is 11.8 Å². The molecule has 0 aromatic carbocycles. The predicted octanol–water partition coefficient (Wildman–Crippen LogP) is 1.14. The predicted molar refractivity (Wildman–Crippen MR) is 85.4 cm³/mol. The van der Waals surface area contributed by atoms with Crippen LogP contribution in [0.1, 0.15) is 37.5 Å². The number of furan rings is 1. The van der Waals surface area contributed by atoms with Gasteiger partial charge in [0.05, 0.1) is 12.3 Å². The molecule has 2 aliphatic heterocycles. The Hall–Kier alpha value is -1.82. The minimum atomic E-state index is -0.245. The Bertz CT molecular complexity index is 575. The molecule has 126 valence electrons. The van der Waals surface area contributed by atoms with Gasteiger partial charge >= 0.3 is 0 Å². The van der Waals surface area contributed by atoms with Crippen molar-refractivity contribution in [2.45, 2.75) is 45.2 Å². The normalized spacial score (nSPS) is 21.5. The van der Waals surface area contributed by atoms with E-state index in [9.17, 15) is 9.59 Å². The van der Waals surface area contributed by atoms with Crippen molar-refractivity contribution in [2.24, 2.45) is 11.7 Å². The summed E-state index contributed by atoms with van der Waals surface area (Å²) in [5.41, 5.74) is 6.55. The van der Waals surface area contributed by atoms with Crippen molar-refractivity contribution in [1.82, 2.24) is 9.80 Å². The number of aryl methyl sites for hydroxylation is 1. The van der Waals surface area contributed by atoms with Crippen molar-refractivity contribution in [3.8, 4) is 0 Å². The van der Waals surface area contributed by atoms with Gasteiger partial charge < -0.3 is 15.1 Å². The number of carbonyl (C=O) groups is 2. The van der Waals surface area contributed by atoms with E-state index in [1.807, 2.05) is 17.9 Å². The number of amides is 2. The van der Waals surface area contributed by atoms with E-state index in [4.69, 9.17) is 10.2 Å². The zero-order valence-corrected chi connectivity index (χ0v) is 13.7. The Morgan fingerprint density at radius 2 is 2.04 bits per heavy atom. The molecule has 1 aromatic heterocycles. The SMILES string of the molecule is CC(C(=O)N1CCC(C(N)=O)CC1)N1CCCc2occc2C1. The molecule has 0 spiro atoms. The van der Waals surface area contributed by atoms with Gasteiger partial charge in [-0.25, -0.2) is 0 Å². The van der Waals surface area contributed by atoms with E-state index in [0.29, 0.717) is 25.9 Å². The highest BCUT2D eigenvalue weighted by Crippen LogP contribution is 2.23. The fraction of sp³-hybridized carbons (Fsp3) is 0.647. The lowest BCUT2D eigenvalue weighted by molar-refractivity contribution is -0.139. The number of fused-ring (bicyclic) bond motifs is 1. The van der Waals surface area contributed by atoms with Crippen LogP contribution in [0.3, 0.4) is 0 Å². The molecule has 0 bridgehead atoms. The van der Waals surface area contributed by atoms with E-state index < -0.39 is 0 Å². The molecule has 1 atom stereocenters. The van der Waals surface area contributed by atoms with Gasteiger partial charge in [0, 0.05) is 37.5 Å². The Morgan fingerprint density at radius 3 is 2.74 bits per heavy atom. The summed E-state index contributed by atoms with van der Waals surface area (Å²) in [7, 11) is 0. The number of rotatable bonds is 3. The van der Waals surface area contributed by atoms with E-state index in [0.717, 1.165) is 31.7 Å². The minimum Gasteiger partial charge on any atom is -0.469 e. The number of carbonyl (C=O) groups excluding carboxylic acids is 2. The van der Waals surface area contributed by atoms with Crippen molar-refractivity contribution in [3.63, 3.8) is 0 Å². The highest BCUT2D eigenvalue weighted by atomic mass is 16.3. The summed E-state index contributed by atoms with van der Waals surface area (Å²) in [6.07, 6.45) is 5.03. The van der Waals surface area contributed by atoms with Gasteiger partial charge in [0.15, 0.2) is 0 Å². The maximum Gasteiger partial charge on any atom is 0.239 e. The largest absolute Gasteiger partial charge is 0.469 e. The number of likely N-dealkylation sites (tertiary alicyclic amines) is 1. The lowest BCUT2D eigenvalue weighted by Gasteiger charge is -2.35. The molecule has 3 rings (SSSR count). The van der Waals surface area contributed by atoms with Crippen molar-refractivity contribution in [1.29, 1.82) is 0 Å². The second kappa shape index (κ2) is 6.74. The molecule has 6 heteroatoms. The number of primary amides is 1. The first-order chi connectivity index (χ1) is 11.1. The molecule has 1 fully saturated rings. The van der Waals surface area contributed by atoms with Crippen molar-refractivity contribution in [3.05, 3.63) is 23.7 Å². The Balaban J connectivity index is 1.60. The second-order valence-corrected chi connectivity index (χ2v) is 6.62. The zero-order valence-electron chi connectivity index (χ0n) is 13.7. The highest BCUT2D eigenvalue weighted by molar-refractivity contribution is 5.82. The summed E-state index contributed by atoms with van der Waals surface area (Å²) in [6.45, 7) is 4.89. The molecule has 0 aliphatic carbocycles. The van der Waals surface area contributed by atoms with Gasteiger partial charge in [-0.15, -0.1) is 0 Å². The van der Waals surface area contributed by atoms with Crippen LogP contribution in [-0.4, -0.2) is 47.3 Å². The molecule has 2 aliphatic rings. The van der Waals surface area contributed by atoms with Crippen molar-refractivity contribution >= 4 is 11.8 Å². The first-order valence-corrected chi connectivity index (χ1v) is 8.43.